The topological polar surface area (TPSA) is 32.3 Å². The van der Waals surface area contributed by atoms with Crippen molar-refractivity contribution >= 4 is 17.2 Å². The molecule has 1 aliphatic heterocycles. The van der Waals surface area contributed by atoms with Crippen molar-refractivity contribution in [3.63, 3.8) is 0 Å². The molecule has 0 saturated heterocycles. The molecule has 3 nitrogen and oxygen atoms in total. The zero-order valence-corrected chi connectivity index (χ0v) is 11.3. The zero-order chi connectivity index (χ0) is 12.8. The van der Waals surface area contributed by atoms with Crippen LogP contribution in [-0.4, -0.2) is 30.4 Å². The molecule has 1 amide bonds. The Labute approximate surface area is 112 Å². The van der Waals surface area contributed by atoms with Gasteiger partial charge >= 0.3 is 0 Å². The molecule has 96 valence electrons. The van der Waals surface area contributed by atoms with Gasteiger partial charge in [-0.15, -0.1) is 23.7 Å². The zero-order valence-electron chi connectivity index (χ0n) is 10.4. The lowest BCUT2D eigenvalue weighted by Crippen LogP contribution is -2.40. The Bertz CT molecular complexity index is 447. The smallest absolute Gasteiger partial charge is 0.236 e. The Hall–Kier alpha value is -1.31. The lowest BCUT2D eigenvalue weighted by atomic mass is 10.1. The molecule has 1 aromatic heterocycles. The van der Waals surface area contributed by atoms with Crippen molar-refractivity contribution in [3.8, 4) is 12.3 Å². The molecule has 0 radical (unpaired) electrons. The SMILES string of the molecule is C#CCCCNCC(=O)N1CCc2sccc2C1. The number of hydrogen-bond donors (Lipinski definition) is 1. The van der Waals surface area contributed by atoms with Gasteiger partial charge < -0.3 is 10.2 Å². The van der Waals surface area contributed by atoms with Gasteiger partial charge in [-0.3, -0.25) is 4.79 Å². The van der Waals surface area contributed by atoms with Crippen molar-refractivity contribution < 1.29 is 4.79 Å². The average molecular weight is 262 g/mol. The van der Waals surface area contributed by atoms with E-state index < -0.39 is 0 Å². The molecule has 4 heteroatoms. The van der Waals surface area contributed by atoms with Crippen LogP contribution in [0.15, 0.2) is 11.4 Å². The highest BCUT2D eigenvalue weighted by Gasteiger charge is 2.20. The minimum Gasteiger partial charge on any atom is -0.337 e. The van der Waals surface area contributed by atoms with Gasteiger partial charge in [0.15, 0.2) is 0 Å². The number of amides is 1. The second kappa shape index (κ2) is 6.58. The highest BCUT2D eigenvalue weighted by molar-refractivity contribution is 7.10. The van der Waals surface area contributed by atoms with Gasteiger partial charge in [0.2, 0.25) is 5.91 Å². The first-order valence-electron chi connectivity index (χ1n) is 6.28. The van der Waals surface area contributed by atoms with E-state index in [-0.39, 0.29) is 5.91 Å². The summed E-state index contributed by atoms with van der Waals surface area (Å²) in [5.74, 6) is 2.78. The van der Waals surface area contributed by atoms with E-state index in [1.807, 2.05) is 4.90 Å². The average Bonchev–Trinajstić information content (AvgIpc) is 2.85. The van der Waals surface area contributed by atoms with Crippen LogP contribution in [0.5, 0.6) is 0 Å². The van der Waals surface area contributed by atoms with Crippen molar-refractivity contribution in [2.24, 2.45) is 0 Å². The van der Waals surface area contributed by atoms with Crippen LogP contribution in [0.25, 0.3) is 0 Å². The van der Waals surface area contributed by atoms with E-state index in [0.717, 1.165) is 38.9 Å². The maximum absolute atomic E-state index is 12.0. The maximum Gasteiger partial charge on any atom is 0.236 e. The number of carbonyl (C=O) groups excluding carboxylic acids is 1. The summed E-state index contributed by atoms with van der Waals surface area (Å²) in [6.07, 6.45) is 7.86. The highest BCUT2D eigenvalue weighted by atomic mass is 32.1. The van der Waals surface area contributed by atoms with Crippen LogP contribution in [0.4, 0.5) is 0 Å². The van der Waals surface area contributed by atoms with Crippen LogP contribution in [0.1, 0.15) is 23.3 Å². The first-order chi connectivity index (χ1) is 8.81. The summed E-state index contributed by atoms with van der Waals surface area (Å²) in [5.41, 5.74) is 1.31. The number of rotatable bonds is 5. The van der Waals surface area contributed by atoms with E-state index >= 15 is 0 Å². The van der Waals surface area contributed by atoms with Gasteiger partial charge in [0, 0.05) is 24.4 Å². The van der Waals surface area contributed by atoms with Crippen molar-refractivity contribution in [1.82, 2.24) is 10.2 Å². The fraction of sp³-hybridized carbons (Fsp3) is 0.500. The van der Waals surface area contributed by atoms with Crippen molar-refractivity contribution in [1.29, 1.82) is 0 Å². The van der Waals surface area contributed by atoms with E-state index in [1.54, 1.807) is 11.3 Å². The van der Waals surface area contributed by atoms with E-state index in [9.17, 15) is 4.79 Å². The van der Waals surface area contributed by atoms with Gasteiger partial charge in [0.1, 0.15) is 0 Å². The molecule has 0 aliphatic carbocycles. The predicted molar refractivity (Wildman–Crippen MR) is 74.4 cm³/mol. The van der Waals surface area contributed by atoms with Crippen molar-refractivity contribution in [2.75, 3.05) is 19.6 Å². The van der Waals surface area contributed by atoms with Gasteiger partial charge in [-0.05, 0) is 36.4 Å². The Morgan fingerprint density at radius 3 is 3.33 bits per heavy atom. The largest absolute Gasteiger partial charge is 0.337 e. The molecule has 1 aromatic rings. The molecule has 0 unspecified atom stereocenters. The molecule has 2 heterocycles. The minimum absolute atomic E-state index is 0.188. The summed E-state index contributed by atoms with van der Waals surface area (Å²) < 4.78 is 0. The third kappa shape index (κ3) is 3.34. The minimum atomic E-state index is 0.188. The number of terminal acetylenes is 1. The second-order valence-corrected chi connectivity index (χ2v) is 5.42. The van der Waals surface area contributed by atoms with E-state index in [0.29, 0.717) is 6.54 Å². The van der Waals surface area contributed by atoms with Gasteiger partial charge in [-0.25, -0.2) is 0 Å². The van der Waals surface area contributed by atoms with Crippen LogP contribution >= 0.6 is 11.3 Å². The summed E-state index contributed by atoms with van der Waals surface area (Å²) in [6, 6.07) is 2.12. The van der Waals surface area contributed by atoms with Crippen LogP contribution in [0, 0.1) is 12.3 Å². The monoisotopic (exact) mass is 262 g/mol. The molecule has 2 rings (SSSR count). The van der Waals surface area contributed by atoms with Crippen LogP contribution in [0.2, 0.25) is 0 Å². The Morgan fingerprint density at radius 2 is 2.50 bits per heavy atom. The lowest BCUT2D eigenvalue weighted by molar-refractivity contribution is -0.131. The second-order valence-electron chi connectivity index (χ2n) is 4.42. The van der Waals surface area contributed by atoms with Crippen LogP contribution in [-0.2, 0) is 17.8 Å². The van der Waals surface area contributed by atoms with Crippen LogP contribution < -0.4 is 5.32 Å². The van der Waals surface area contributed by atoms with E-state index in [2.05, 4.69) is 22.7 Å². The summed E-state index contributed by atoms with van der Waals surface area (Å²) in [6.45, 7) is 2.85. The fourth-order valence-electron chi connectivity index (χ4n) is 2.08. The number of nitrogens with one attached hydrogen (secondary N) is 1. The maximum atomic E-state index is 12.0. The van der Waals surface area contributed by atoms with Crippen LogP contribution in [0.3, 0.4) is 0 Å². The third-order valence-corrected chi connectivity index (χ3v) is 4.13. The summed E-state index contributed by atoms with van der Waals surface area (Å²) in [7, 11) is 0. The summed E-state index contributed by atoms with van der Waals surface area (Å²) in [5, 5.41) is 5.26. The van der Waals surface area contributed by atoms with Gasteiger partial charge in [0.05, 0.1) is 6.54 Å². The molecule has 18 heavy (non-hydrogen) atoms. The number of fused-ring (bicyclic) bond motifs is 1. The molecule has 0 atom stereocenters. The number of unbranched alkanes of at least 4 members (excludes halogenated alkanes) is 1. The molecule has 0 saturated carbocycles. The molecule has 0 fully saturated rings. The van der Waals surface area contributed by atoms with Gasteiger partial charge in [-0.1, -0.05) is 0 Å². The summed E-state index contributed by atoms with van der Waals surface area (Å²) >= 11 is 1.79. The number of nitrogens with zero attached hydrogens (tertiary/aromatic N) is 1. The first-order valence-corrected chi connectivity index (χ1v) is 7.16. The lowest BCUT2D eigenvalue weighted by Gasteiger charge is -2.27. The van der Waals surface area contributed by atoms with E-state index in [1.165, 1.54) is 10.4 Å². The van der Waals surface area contributed by atoms with E-state index in [4.69, 9.17) is 6.42 Å². The molecular formula is C14H18N2OS. The Morgan fingerprint density at radius 1 is 1.61 bits per heavy atom. The quantitative estimate of drug-likeness (QED) is 0.646. The van der Waals surface area contributed by atoms with Crippen molar-refractivity contribution in [3.05, 3.63) is 21.9 Å². The summed E-state index contributed by atoms with van der Waals surface area (Å²) in [4.78, 5) is 15.4. The fourth-order valence-corrected chi connectivity index (χ4v) is 2.97. The number of hydrogen-bond acceptors (Lipinski definition) is 3. The molecule has 0 spiro atoms. The highest BCUT2D eigenvalue weighted by Crippen LogP contribution is 2.23. The Balaban J connectivity index is 1.73. The number of carbonyl (C=O) groups is 1. The molecule has 0 bridgehead atoms. The molecule has 0 aromatic carbocycles. The Kier molecular flexibility index (Phi) is 4.80. The predicted octanol–water partition coefficient (Wildman–Crippen LogP) is 1.64. The van der Waals surface area contributed by atoms with Crippen molar-refractivity contribution in [2.45, 2.75) is 25.8 Å². The van der Waals surface area contributed by atoms with Gasteiger partial charge in [0.25, 0.3) is 0 Å². The molecule has 1 N–H and O–H groups in total. The third-order valence-electron chi connectivity index (χ3n) is 3.11. The molecule has 1 aliphatic rings. The normalized spacial score (nSPS) is 14.1. The standard InChI is InChI=1S/C14H18N2OS/c1-2-3-4-7-15-10-14(17)16-8-5-13-12(11-16)6-9-18-13/h1,6,9,15H,3-5,7-8,10-11H2. The number of thiophene rings is 1. The van der Waals surface area contributed by atoms with Gasteiger partial charge in [-0.2, -0.15) is 0 Å². The molecular weight excluding hydrogens is 244 g/mol. The first kappa shape index (κ1) is 13.1.